The van der Waals surface area contributed by atoms with E-state index in [-0.39, 0.29) is 37.3 Å². The molecule has 0 bridgehead atoms. The molecule has 0 saturated heterocycles. The van der Waals surface area contributed by atoms with Crippen LogP contribution in [0.1, 0.15) is 77.6 Å². The second-order valence-corrected chi connectivity index (χ2v) is 20.3. The van der Waals surface area contributed by atoms with E-state index in [2.05, 4.69) is 227 Å². The molecule has 8 heteroatoms. The van der Waals surface area contributed by atoms with Gasteiger partial charge in [0.15, 0.2) is 11.5 Å². The van der Waals surface area contributed by atoms with Crippen molar-refractivity contribution >= 4 is 61.6 Å². The molecule has 9 aromatic rings. The van der Waals surface area contributed by atoms with Gasteiger partial charge in [-0.15, -0.1) is 53.6 Å². The third kappa shape index (κ3) is 6.84. The number of rotatable bonds is 5. The molecule has 0 spiro atoms. The van der Waals surface area contributed by atoms with E-state index in [4.69, 9.17) is 14.5 Å². The van der Waals surface area contributed by atoms with Crippen LogP contribution in [0.4, 0.5) is 39.8 Å². The fourth-order valence-corrected chi connectivity index (χ4v) is 10.0. The second kappa shape index (κ2) is 15.4. The maximum absolute atomic E-state index is 6.86. The number of ether oxygens (including phenoxy) is 2. The van der Waals surface area contributed by atoms with Crippen molar-refractivity contribution in [3.8, 4) is 28.8 Å². The van der Waals surface area contributed by atoms with E-state index in [1.165, 1.54) is 22.4 Å². The van der Waals surface area contributed by atoms with Crippen molar-refractivity contribution in [3.63, 3.8) is 0 Å². The molecule has 2 aromatic heterocycles. The number of aromatic nitrogens is 2. The van der Waals surface area contributed by atoms with E-state index in [0.29, 0.717) is 11.5 Å². The first-order valence-electron chi connectivity index (χ1n) is 22.8. The fourth-order valence-electron chi connectivity index (χ4n) is 10.0. The standard InChI is InChI=1S/C59H50N5O2.Pt/c1-57(2,3)37-27-28-60-55(31-37)63-47-19-11-9-17-43(47)44-26-25-41(35-52(44)63)65-42-30-38(58(4,5)6)29-39(32-42)61-36-62(50-22-14-13-21-49(50)61)40-33-46-56-54(34-40)66-53-24-16-15-23-51(53)64(56)48-20-12-10-18-45(48)59(46,7)8;/h9-31,33-34,36H,1-8H3;/q-3;. The molecule has 7 aromatic carbocycles. The molecule has 67 heavy (non-hydrogen) atoms. The zero-order valence-corrected chi connectivity index (χ0v) is 41.2. The van der Waals surface area contributed by atoms with E-state index in [1.54, 1.807) is 0 Å². The molecule has 0 fully saturated rings. The Morgan fingerprint density at radius 3 is 2.06 bits per heavy atom. The molecule has 3 aliphatic rings. The summed E-state index contributed by atoms with van der Waals surface area (Å²) in [4.78, 5) is 11.8. The van der Waals surface area contributed by atoms with Crippen LogP contribution >= 0.6 is 0 Å². The molecule has 0 unspecified atom stereocenters. The molecule has 0 saturated carbocycles. The van der Waals surface area contributed by atoms with Crippen LogP contribution in [0.25, 0.3) is 27.6 Å². The summed E-state index contributed by atoms with van der Waals surface area (Å²) in [5.74, 6) is 3.72. The summed E-state index contributed by atoms with van der Waals surface area (Å²) >= 11 is 0. The predicted octanol–water partition coefficient (Wildman–Crippen LogP) is 15.8. The van der Waals surface area contributed by atoms with Crippen LogP contribution in [-0.4, -0.2) is 9.55 Å². The monoisotopic (exact) mass is 1060 g/mol. The minimum absolute atomic E-state index is 0. The maximum Gasteiger partial charge on any atom is 0.153 e. The first-order valence-corrected chi connectivity index (χ1v) is 22.8. The Balaban J connectivity index is 0.00000494. The largest absolute Gasteiger partial charge is 0.509 e. The van der Waals surface area contributed by atoms with Gasteiger partial charge in [-0.05, 0) is 87.5 Å². The van der Waals surface area contributed by atoms with Gasteiger partial charge < -0.3 is 28.7 Å². The minimum atomic E-state index is -0.301. The number of benzene rings is 7. The third-order valence-electron chi connectivity index (χ3n) is 13.6. The van der Waals surface area contributed by atoms with E-state index in [9.17, 15) is 0 Å². The molecule has 0 N–H and O–H groups in total. The summed E-state index contributed by atoms with van der Waals surface area (Å²) in [6, 6.07) is 58.8. The van der Waals surface area contributed by atoms with E-state index in [1.807, 2.05) is 18.3 Å². The summed E-state index contributed by atoms with van der Waals surface area (Å²) in [6.07, 6.45) is 1.91. The summed E-state index contributed by atoms with van der Waals surface area (Å²) in [6.45, 7) is 20.2. The Kier molecular flexibility index (Phi) is 9.81. The first kappa shape index (κ1) is 42.8. The van der Waals surface area contributed by atoms with E-state index in [0.717, 1.165) is 78.8 Å². The van der Waals surface area contributed by atoms with Gasteiger partial charge >= 0.3 is 0 Å². The summed E-state index contributed by atoms with van der Waals surface area (Å²) in [5.41, 5.74) is 13.6. The molecule has 0 radical (unpaired) electrons. The Hall–Kier alpha value is -6.82. The number of para-hydroxylation sites is 6. The van der Waals surface area contributed by atoms with Crippen LogP contribution in [-0.2, 0) is 37.3 Å². The van der Waals surface area contributed by atoms with Crippen LogP contribution in [0.3, 0.4) is 0 Å². The van der Waals surface area contributed by atoms with E-state index < -0.39 is 0 Å². The molecule has 3 aliphatic heterocycles. The second-order valence-electron chi connectivity index (χ2n) is 20.3. The SMILES string of the molecule is CC(C)(C)c1cc(Oc2[c-]c3c(cc2)c2ccccc2n3-c2cc(C(C)(C)C)ccn2)[c-]c(N2[CH-]N(c3cc4c5c(c3)C(C)(C)c3ccccc3N5c3ccccc3O4)c3ccccc32)c1.[Pt]. The van der Waals surface area contributed by atoms with Crippen molar-refractivity contribution in [3.05, 3.63) is 193 Å². The van der Waals surface area contributed by atoms with E-state index >= 15 is 0 Å². The summed E-state index contributed by atoms with van der Waals surface area (Å²) in [7, 11) is 0. The fraction of sp³-hybridized carbons (Fsp3) is 0.186. The first-order chi connectivity index (χ1) is 31.7. The van der Waals surface area contributed by atoms with Crippen LogP contribution in [0.15, 0.2) is 152 Å². The van der Waals surface area contributed by atoms with Crippen LogP contribution in [0.2, 0.25) is 0 Å². The molecule has 7 nitrogen and oxygen atoms in total. The van der Waals surface area contributed by atoms with Gasteiger partial charge in [0.1, 0.15) is 5.82 Å². The molecule has 0 amide bonds. The number of pyridine rings is 1. The van der Waals surface area contributed by atoms with Gasteiger partial charge in [0, 0.05) is 72.8 Å². The molecule has 0 atom stereocenters. The van der Waals surface area contributed by atoms with Gasteiger partial charge in [0.2, 0.25) is 0 Å². The average Bonchev–Trinajstić information content (AvgIpc) is 3.86. The maximum atomic E-state index is 6.86. The average molecular weight is 1060 g/mol. The topological polar surface area (TPSA) is 46.0 Å². The van der Waals surface area contributed by atoms with Crippen LogP contribution in [0.5, 0.6) is 23.0 Å². The molecule has 336 valence electrons. The summed E-state index contributed by atoms with van der Waals surface area (Å²) < 4.78 is 15.9. The Morgan fingerprint density at radius 2 is 1.28 bits per heavy atom. The van der Waals surface area contributed by atoms with Gasteiger partial charge in [-0.25, -0.2) is 4.98 Å². The Morgan fingerprint density at radius 1 is 0.597 bits per heavy atom. The van der Waals surface area contributed by atoms with Gasteiger partial charge in [0.25, 0.3) is 0 Å². The van der Waals surface area contributed by atoms with Crippen molar-refractivity contribution in [2.45, 2.75) is 71.6 Å². The minimum Gasteiger partial charge on any atom is -0.509 e. The van der Waals surface area contributed by atoms with Crippen molar-refractivity contribution in [1.29, 1.82) is 0 Å². The third-order valence-corrected chi connectivity index (χ3v) is 13.6. The number of hydrogen-bond donors (Lipinski definition) is 0. The van der Waals surface area contributed by atoms with Gasteiger partial charge in [0.05, 0.1) is 17.1 Å². The van der Waals surface area contributed by atoms with Crippen LogP contribution < -0.4 is 24.2 Å². The van der Waals surface area contributed by atoms with Gasteiger partial charge in [-0.3, -0.25) is 0 Å². The smallest absolute Gasteiger partial charge is 0.153 e. The number of anilines is 7. The van der Waals surface area contributed by atoms with Crippen molar-refractivity contribution < 1.29 is 30.5 Å². The predicted molar refractivity (Wildman–Crippen MR) is 269 cm³/mol. The normalized spacial score (nSPS) is 14.5. The Labute approximate surface area is 407 Å². The molecular formula is C59H50N5O2Pt-3. The van der Waals surface area contributed by atoms with Crippen LogP contribution in [0, 0.1) is 18.8 Å². The summed E-state index contributed by atoms with van der Waals surface area (Å²) in [5, 5.41) is 2.23. The quantitative estimate of drug-likeness (QED) is 0.160. The van der Waals surface area contributed by atoms with Crippen molar-refractivity contribution in [2.75, 3.05) is 14.7 Å². The number of fused-ring (bicyclic) bond motifs is 8. The Bertz CT molecular complexity index is 3450. The zero-order valence-electron chi connectivity index (χ0n) is 38.9. The number of hydrogen-bond acceptors (Lipinski definition) is 6. The van der Waals surface area contributed by atoms with Gasteiger partial charge in [-0.2, -0.15) is 6.07 Å². The molecule has 0 aliphatic carbocycles. The van der Waals surface area contributed by atoms with Gasteiger partial charge in [-0.1, -0.05) is 122 Å². The molecule has 12 rings (SSSR count). The van der Waals surface area contributed by atoms with Crippen molar-refractivity contribution in [2.24, 2.45) is 0 Å². The number of nitrogens with zero attached hydrogens (tertiary/aromatic N) is 5. The van der Waals surface area contributed by atoms with Crippen molar-refractivity contribution in [1.82, 2.24) is 9.55 Å². The zero-order chi connectivity index (χ0) is 45.3. The molecular weight excluding hydrogens is 1010 g/mol. The molecule has 5 heterocycles.